The average molecular weight is 401 g/mol. The van der Waals surface area contributed by atoms with Gasteiger partial charge in [0.05, 0.1) is 17.9 Å². The third kappa shape index (κ3) is 3.57. The molecule has 0 bridgehead atoms. The fraction of sp³-hybridized carbons (Fsp3) is 0.280. The Hall–Kier alpha value is -3.18. The van der Waals surface area contributed by atoms with Crippen LogP contribution in [0.3, 0.4) is 0 Å². The number of hydrogen-bond donors (Lipinski definition) is 2. The van der Waals surface area contributed by atoms with Crippen LogP contribution < -0.4 is 16.0 Å². The first kappa shape index (κ1) is 20.1. The number of pyridine rings is 1. The molecule has 0 aliphatic carbocycles. The Bertz CT molecular complexity index is 1060. The van der Waals surface area contributed by atoms with E-state index in [0.717, 1.165) is 52.3 Å². The minimum atomic E-state index is -0.311. The van der Waals surface area contributed by atoms with Gasteiger partial charge in [0.25, 0.3) is 0 Å². The quantitative estimate of drug-likeness (QED) is 0.647. The number of nitrogens with two attached hydrogens (primary N) is 1. The molecule has 2 aromatic carbocycles. The number of fused-ring (bicyclic) bond motifs is 1. The number of aromatic nitrogens is 1. The van der Waals surface area contributed by atoms with E-state index in [2.05, 4.69) is 55.6 Å². The number of nitrogens with one attached hydrogen (secondary N) is 1. The van der Waals surface area contributed by atoms with Crippen molar-refractivity contribution in [3.05, 3.63) is 66.2 Å². The zero-order chi connectivity index (χ0) is 21.3. The van der Waals surface area contributed by atoms with Crippen LogP contribution in [-0.4, -0.2) is 24.5 Å². The summed E-state index contributed by atoms with van der Waals surface area (Å²) < 4.78 is 0. The minimum Gasteiger partial charge on any atom is -0.349 e. The number of carbonyl (C=O) groups excluding carboxylic acids is 1. The van der Waals surface area contributed by atoms with Crippen LogP contribution in [0, 0.1) is 0 Å². The molecule has 0 radical (unpaired) electrons. The molecule has 1 aromatic heterocycles. The van der Waals surface area contributed by atoms with Gasteiger partial charge in [-0.15, -0.1) is 0 Å². The highest BCUT2D eigenvalue weighted by molar-refractivity contribution is 6.02. The van der Waals surface area contributed by atoms with Gasteiger partial charge in [0.2, 0.25) is 5.91 Å². The Morgan fingerprint density at radius 2 is 1.70 bits per heavy atom. The van der Waals surface area contributed by atoms with E-state index in [0.29, 0.717) is 6.54 Å². The predicted molar refractivity (Wildman–Crippen MR) is 123 cm³/mol. The van der Waals surface area contributed by atoms with Gasteiger partial charge < -0.3 is 16.0 Å². The molecule has 1 amide bonds. The molecule has 154 valence electrons. The average Bonchev–Trinajstić information content (AvgIpc) is 2.78. The van der Waals surface area contributed by atoms with Gasteiger partial charge in [0, 0.05) is 23.7 Å². The Morgan fingerprint density at radius 1 is 1.03 bits per heavy atom. The number of carbonyl (C=O) groups is 1. The van der Waals surface area contributed by atoms with Gasteiger partial charge in [-0.05, 0) is 30.0 Å². The summed E-state index contributed by atoms with van der Waals surface area (Å²) in [7, 11) is 1.89. The highest BCUT2D eigenvalue weighted by Gasteiger charge is 2.25. The number of likely N-dealkylation sites (N-methyl/N-ethyl adjacent to an activating group) is 1. The topological polar surface area (TPSA) is 71.2 Å². The molecule has 0 unspecified atom stereocenters. The highest BCUT2D eigenvalue weighted by Crippen LogP contribution is 2.39. The highest BCUT2D eigenvalue weighted by atomic mass is 16.2. The van der Waals surface area contributed by atoms with Crippen molar-refractivity contribution in [1.82, 2.24) is 4.98 Å². The van der Waals surface area contributed by atoms with Crippen LogP contribution in [-0.2, 0) is 10.3 Å². The van der Waals surface area contributed by atoms with Crippen molar-refractivity contribution < 1.29 is 4.79 Å². The molecule has 0 fully saturated rings. The summed E-state index contributed by atoms with van der Waals surface area (Å²) in [4.78, 5) is 18.9. The van der Waals surface area contributed by atoms with E-state index < -0.39 is 0 Å². The first-order chi connectivity index (χ1) is 14.4. The zero-order valence-corrected chi connectivity index (χ0v) is 17.8. The van der Waals surface area contributed by atoms with Gasteiger partial charge in [-0.2, -0.15) is 0 Å². The SMILES string of the molecule is CCC(N)(CC)c1ccc(-c2nc3c(cc2-c2ccccc2)NC(=O)CN3C)cc1. The molecule has 3 N–H and O–H groups in total. The molecule has 0 spiro atoms. The van der Waals surface area contributed by atoms with E-state index in [1.54, 1.807) is 0 Å². The van der Waals surface area contributed by atoms with E-state index in [4.69, 9.17) is 10.7 Å². The number of nitrogens with zero attached hydrogens (tertiary/aromatic N) is 2. The third-order valence-electron chi connectivity index (χ3n) is 6.10. The second-order valence-corrected chi connectivity index (χ2v) is 7.97. The molecule has 4 rings (SSSR count). The molecule has 1 aliphatic heterocycles. The number of benzene rings is 2. The lowest BCUT2D eigenvalue weighted by Crippen LogP contribution is -2.36. The Balaban J connectivity index is 1.86. The molecule has 0 atom stereocenters. The predicted octanol–water partition coefficient (Wildman–Crippen LogP) is 4.78. The molecule has 30 heavy (non-hydrogen) atoms. The molecule has 3 aromatic rings. The fourth-order valence-electron chi connectivity index (χ4n) is 4.04. The summed E-state index contributed by atoms with van der Waals surface area (Å²) in [5.74, 6) is 0.755. The Kier molecular flexibility index (Phi) is 5.31. The molecule has 0 saturated carbocycles. The van der Waals surface area contributed by atoms with Crippen molar-refractivity contribution in [2.24, 2.45) is 5.73 Å². The van der Waals surface area contributed by atoms with Crippen LogP contribution in [0.4, 0.5) is 11.5 Å². The maximum absolute atomic E-state index is 12.0. The second kappa shape index (κ2) is 7.92. The summed E-state index contributed by atoms with van der Waals surface area (Å²) >= 11 is 0. The number of hydrogen-bond acceptors (Lipinski definition) is 4. The molecule has 0 saturated heterocycles. The first-order valence-corrected chi connectivity index (χ1v) is 10.5. The van der Waals surface area contributed by atoms with Gasteiger partial charge in [0.15, 0.2) is 5.82 Å². The smallest absolute Gasteiger partial charge is 0.244 e. The van der Waals surface area contributed by atoms with Gasteiger partial charge >= 0.3 is 0 Å². The first-order valence-electron chi connectivity index (χ1n) is 10.5. The monoisotopic (exact) mass is 400 g/mol. The van der Waals surface area contributed by atoms with Crippen molar-refractivity contribution in [3.63, 3.8) is 0 Å². The van der Waals surface area contributed by atoms with E-state index in [-0.39, 0.29) is 11.4 Å². The van der Waals surface area contributed by atoms with E-state index in [9.17, 15) is 4.79 Å². The summed E-state index contributed by atoms with van der Waals surface area (Å²) in [5.41, 5.74) is 12.1. The molecule has 2 heterocycles. The van der Waals surface area contributed by atoms with Crippen LogP contribution in [0.5, 0.6) is 0 Å². The normalized spacial score (nSPS) is 13.7. The molecule has 5 heteroatoms. The lowest BCUT2D eigenvalue weighted by molar-refractivity contribution is -0.115. The van der Waals surface area contributed by atoms with Gasteiger partial charge in [0.1, 0.15) is 0 Å². The van der Waals surface area contributed by atoms with Crippen molar-refractivity contribution in [2.45, 2.75) is 32.2 Å². The largest absolute Gasteiger partial charge is 0.349 e. The minimum absolute atomic E-state index is 0.0265. The maximum Gasteiger partial charge on any atom is 0.244 e. The van der Waals surface area contributed by atoms with Gasteiger partial charge in [-0.25, -0.2) is 4.98 Å². The summed E-state index contributed by atoms with van der Waals surface area (Å²) in [6.07, 6.45) is 1.78. The summed E-state index contributed by atoms with van der Waals surface area (Å²) in [5, 5.41) is 2.96. The second-order valence-electron chi connectivity index (χ2n) is 7.97. The van der Waals surface area contributed by atoms with E-state index in [1.807, 2.05) is 36.2 Å². The summed E-state index contributed by atoms with van der Waals surface area (Å²) in [6, 6.07) is 20.6. The van der Waals surface area contributed by atoms with Gasteiger partial charge in [-0.3, -0.25) is 4.79 Å². The Morgan fingerprint density at radius 3 is 2.33 bits per heavy atom. The van der Waals surface area contributed by atoms with E-state index in [1.165, 1.54) is 0 Å². The van der Waals surface area contributed by atoms with Crippen LogP contribution in [0.15, 0.2) is 60.7 Å². The zero-order valence-electron chi connectivity index (χ0n) is 17.8. The lowest BCUT2D eigenvalue weighted by Gasteiger charge is -2.28. The lowest BCUT2D eigenvalue weighted by atomic mass is 9.85. The van der Waals surface area contributed by atoms with Crippen LogP contribution in [0.2, 0.25) is 0 Å². The maximum atomic E-state index is 12.0. The van der Waals surface area contributed by atoms with Crippen molar-refractivity contribution in [1.29, 1.82) is 0 Å². The molecular weight excluding hydrogens is 372 g/mol. The number of rotatable bonds is 5. The van der Waals surface area contributed by atoms with Crippen molar-refractivity contribution >= 4 is 17.4 Å². The Labute approximate surface area is 177 Å². The molecule has 1 aliphatic rings. The summed E-state index contributed by atoms with van der Waals surface area (Å²) in [6.45, 7) is 4.55. The number of amides is 1. The van der Waals surface area contributed by atoms with E-state index >= 15 is 0 Å². The van der Waals surface area contributed by atoms with Crippen molar-refractivity contribution in [2.75, 3.05) is 23.8 Å². The molecular formula is C25H28N4O. The van der Waals surface area contributed by atoms with Gasteiger partial charge in [-0.1, -0.05) is 68.4 Å². The fourth-order valence-corrected chi connectivity index (χ4v) is 4.04. The van der Waals surface area contributed by atoms with Crippen LogP contribution in [0.1, 0.15) is 32.3 Å². The van der Waals surface area contributed by atoms with Crippen LogP contribution >= 0.6 is 0 Å². The molecule has 5 nitrogen and oxygen atoms in total. The number of anilines is 2. The third-order valence-corrected chi connectivity index (χ3v) is 6.10. The standard InChI is InChI=1S/C25H28N4O/c1-4-25(26,5-2)19-13-11-18(12-14-19)23-20(17-9-7-6-8-10-17)15-21-24(28-23)29(3)16-22(30)27-21/h6-15H,4-5,16,26H2,1-3H3,(H,27,30). The van der Waals surface area contributed by atoms with Crippen LogP contribution in [0.25, 0.3) is 22.4 Å². The van der Waals surface area contributed by atoms with Crippen molar-refractivity contribution in [3.8, 4) is 22.4 Å².